The fraction of sp³-hybridized carbons (Fsp3) is 0.414. The standard InChI is InChI=1S/C29H34ClN4O4Si/c1-28(2,3)25(38-39(21-11-7-5-8-12-21)22-13-9-6-10-14-22)29(4)20-37-27(35)34(29)24-19-23(30)31-26(32-24)33-15-17-36-18-16-33/h5-14,19,25H,15-18,20H2,1-4H3. The van der Waals surface area contributed by atoms with Gasteiger partial charge >= 0.3 is 6.09 Å². The van der Waals surface area contributed by atoms with Crippen LogP contribution in [-0.2, 0) is 13.9 Å². The van der Waals surface area contributed by atoms with E-state index in [1.807, 2.05) is 48.2 Å². The molecule has 1 amide bonds. The van der Waals surface area contributed by atoms with Crippen molar-refractivity contribution in [2.45, 2.75) is 39.3 Å². The molecule has 2 aliphatic heterocycles. The number of hydrogen-bond acceptors (Lipinski definition) is 7. The summed E-state index contributed by atoms with van der Waals surface area (Å²) in [5.41, 5.74) is -1.22. The summed E-state index contributed by atoms with van der Waals surface area (Å²) < 4.78 is 18.4. The van der Waals surface area contributed by atoms with Gasteiger partial charge in [-0.2, -0.15) is 4.98 Å². The summed E-state index contributed by atoms with van der Waals surface area (Å²) >= 11 is 6.49. The van der Waals surface area contributed by atoms with Crippen LogP contribution in [0.4, 0.5) is 16.6 Å². The fourth-order valence-corrected chi connectivity index (χ4v) is 7.96. The Morgan fingerprint density at radius 2 is 1.59 bits per heavy atom. The largest absolute Gasteiger partial charge is 0.446 e. The van der Waals surface area contributed by atoms with Crippen molar-refractivity contribution >= 4 is 48.9 Å². The fourth-order valence-electron chi connectivity index (χ4n) is 5.34. The molecular formula is C29H34ClN4O4Si. The van der Waals surface area contributed by atoms with Crippen molar-refractivity contribution in [1.29, 1.82) is 0 Å². The van der Waals surface area contributed by atoms with Crippen LogP contribution in [0.2, 0.25) is 5.15 Å². The van der Waals surface area contributed by atoms with Gasteiger partial charge in [0, 0.05) is 19.2 Å². The van der Waals surface area contributed by atoms with Crippen LogP contribution in [0, 0.1) is 5.41 Å². The number of ether oxygens (including phenoxy) is 2. The predicted octanol–water partition coefficient (Wildman–Crippen LogP) is 3.92. The van der Waals surface area contributed by atoms with Crippen LogP contribution in [0.25, 0.3) is 0 Å². The molecule has 2 atom stereocenters. The molecule has 5 rings (SSSR count). The third kappa shape index (κ3) is 5.82. The zero-order valence-electron chi connectivity index (χ0n) is 22.8. The molecule has 2 unspecified atom stereocenters. The number of aromatic nitrogens is 2. The quantitative estimate of drug-likeness (QED) is 0.317. The highest BCUT2D eigenvalue weighted by molar-refractivity contribution is 6.80. The van der Waals surface area contributed by atoms with Gasteiger partial charge in [-0.15, -0.1) is 0 Å². The normalized spacial score (nSPS) is 20.8. The summed E-state index contributed by atoms with van der Waals surface area (Å²) in [6.07, 6.45) is -0.891. The highest BCUT2D eigenvalue weighted by Crippen LogP contribution is 2.41. The van der Waals surface area contributed by atoms with Crippen LogP contribution in [0.3, 0.4) is 0 Å². The lowest BCUT2D eigenvalue weighted by Gasteiger charge is -2.46. The third-order valence-corrected chi connectivity index (χ3v) is 9.41. The van der Waals surface area contributed by atoms with Crippen molar-refractivity contribution in [3.63, 3.8) is 0 Å². The van der Waals surface area contributed by atoms with Crippen molar-refractivity contribution in [1.82, 2.24) is 9.97 Å². The lowest BCUT2D eigenvalue weighted by atomic mass is 9.77. The number of carbonyl (C=O) groups excluding carboxylic acids is 1. The first-order valence-electron chi connectivity index (χ1n) is 13.2. The summed E-state index contributed by atoms with van der Waals surface area (Å²) in [6.45, 7) is 11.0. The molecule has 205 valence electrons. The van der Waals surface area contributed by atoms with E-state index in [4.69, 9.17) is 30.5 Å². The number of morpholine rings is 1. The zero-order valence-corrected chi connectivity index (χ0v) is 24.5. The number of amides is 1. The molecule has 39 heavy (non-hydrogen) atoms. The van der Waals surface area contributed by atoms with Gasteiger partial charge < -0.3 is 18.8 Å². The van der Waals surface area contributed by atoms with Crippen LogP contribution in [0.15, 0.2) is 66.7 Å². The minimum atomic E-state index is -1.68. The van der Waals surface area contributed by atoms with E-state index in [1.165, 1.54) is 0 Å². The van der Waals surface area contributed by atoms with Gasteiger partial charge in [0.2, 0.25) is 5.95 Å². The van der Waals surface area contributed by atoms with Crippen molar-refractivity contribution in [3.05, 3.63) is 71.9 Å². The molecule has 1 aromatic heterocycles. The molecule has 2 aromatic carbocycles. The Morgan fingerprint density at radius 3 is 2.15 bits per heavy atom. The maximum atomic E-state index is 13.4. The molecule has 2 aliphatic rings. The van der Waals surface area contributed by atoms with E-state index in [1.54, 1.807) is 11.0 Å². The number of nitrogens with zero attached hydrogens (tertiary/aromatic N) is 4. The Kier molecular flexibility index (Phi) is 7.95. The van der Waals surface area contributed by atoms with Crippen LogP contribution >= 0.6 is 11.6 Å². The van der Waals surface area contributed by atoms with Crippen LogP contribution in [-0.4, -0.2) is 69.7 Å². The second-order valence-electron chi connectivity index (χ2n) is 11.1. The summed E-state index contributed by atoms with van der Waals surface area (Å²) in [4.78, 5) is 26.2. The lowest BCUT2D eigenvalue weighted by Crippen LogP contribution is -2.63. The number of halogens is 1. The number of benzene rings is 2. The average molecular weight is 566 g/mol. The first kappa shape index (κ1) is 27.6. The number of carbonyl (C=O) groups is 1. The Bertz CT molecular complexity index is 1250. The smallest absolute Gasteiger partial charge is 0.416 e. The SMILES string of the molecule is CC(C)(C)C(O[Si](c1ccccc1)c1ccccc1)C1(C)COC(=O)N1c1cc(Cl)nc(N2CCOCC2)n1. The highest BCUT2D eigenvalue weighted by atomic mass is 35.5. The molecule has 0 saturated carbocycles. The van der Waals surface area contributed by atoms with E-state index in [9.17, 15) is 4.79 Å². The predicted molar refractivity (Wildman–Crippen MR) is 155 cm³/mol. The van der Waals surface area contributed by atoms with E-state index >= 15 is 0 Å². The molecule has 2 fully saturated rings. The molecule has 0 N–H and O–H groups in total. The van der Waals surface area contributed by atoms with Gasteiger partial charge in [-0.25, -0.2) is 14.7 Å². The summed E-state index contributed by atoms with van der Waals surface area (Å²) in [5.74, 6) is 0.863. The third-order valence-electron chi connectivity index (χ3n) is 7.03. The van der Waals surface area contributed by atoms with Crippen molar-refractivity contribution in [2.75, 3.05) is 42.7 Å². The molecule has 8 nitrogen and oxygen atoms in total. The summed E-state index contributed by atoms with van der Waals surface area (Å²) in [5, 5.41) is 2.51. The minimum absolute atomic E-state index is 0.154. The number of cyclic esters (lactones) is 1. The Labute approximate surface area is 236 Å². The maximum Gasteiger partial charge on any atom is 0.416 e. The first-order chi connectivity index (χ1) is 18.7. The van der Waals surface area contributed by atoms with E-state index in [0.29, 0.717) is 38.1 Å². The maximum absolute atomic E-state index is 13.4. The van der Waals surface area contributed by atoms with E-state index in [2.05, 4.69) is 50.0 Å². The molecule has 3 heterocycles. The van der Waals surface area contributed by atoms with Crippen LogP contribution in [0.5, 0.6) is 0 Å². The molecule has 0 aliphatic carbocycles. The van der Waals surface area contributed by atoms with Gasteiger partial charge in [0.1, 0.15) is 23.1 Å². The number of rotatable bonds is 7. The van der Waals surface area contributed by atoms with E-state index in [0.717, 1.165) is 10.4 Å². The lowest BCUT2D eigenvalue weighted by molar-refractivity contribution is 0.0189. The zero-order chi connectivity index (χ0) is 27.6. The monoisotopic (exact) mass is 565 g/mol. The highest BCUT2D eigenvalue weighted by Gasteiger charge is 2.55. The van der Waals surface area contributed by atoms with Crippen molar-refractivity contribution < 1.29 is 18.7 Å². The molecular weight excluding hydrogens is 532 g/mol. The summed E-state index contributed by atoms with van der Waals surface area (Å²) in [6, 6.07) is 22.2. The molecule has 0 spiro atoms. The van der Waals surface area contributed by atoms with Crippen LogP contribution < -0.4 is 20.2 Å². The summed E-state index contributed by atoms with van der Waals surface area (Å²) in [7, 11) is -1.68. The van der Waals surface area contributed by atoms with Crippen LogP contribution in [0.1, 0.15) is 27.7 Å². The van der Waals surface area contributed by atoms with Gasteiger partial charge in [-0.05, 0) is 22.7 Å². The van der Waals surface area contributed by atoms with E-state index in [-0.39, 0.29) is 17.2 Å². The Balaban J connectivity index is 1.56. The van der Waals surface area contributed by atoms with Gasteiger partial charge in [0.15, 0.2) is 0 Å². The molecule has 0 bridgehead atoms. The first-order valence-corrected chi connectivity index (χ1v) is 14.9. The van der Waals surface area contributed by atoms with Gasteiger partial charge in [0.05, 0.1) is 19.3 Å². The molecule has 1 radical (unpaired) electrons. The van der Waals surface area contributed by atoms with Gasteiger partial charge in [0.25, 0.3) is 9.04 Å². The van der Waals surface area contributed by atoms with Gasteiger partial charge in [-0.1, -0.05) is 93.0 Å². The number of anilines is 2. The Hall–Kier alpha value is -2.98. The molecule has 2 saturated heterocycles. The average Bonchev–Trinajstić information content (AvgIpc) is 3.23. The van der Waals surface area contributed by atoms with Gasteiger partial charge in [-0.3, -0.25) is 0 Å². The van der Waals surface area contributed by atoms with Crippen molar-refractivity contribution in [2.24, 2.45) is 5.41 Å². The number of hydrogen-bond donors (Lipinski definition) is 0. The second kappa shape index (κ2) is 11.2. The Morgan fingerprint density at radius 1 is 1.00 bits per heavy atom. The van der Waals surface area contributed by atoms with Crippen molar-refractivity contribution in [3.8, 4) is 0 Å². The molecule has 3 aromatic rings. The minimum Gasteiger partial charge on any atom is -0.446 e. The topological polar surface area (TPSA) is 77.0 Å². The second-order valence-corrected chi connectivity index (χ2v) is 13.6. The van der Waals surface area contributed by atoms with E-state index < -0.39 is 26.8 Å². The molecule has 10 heteroatoms.